The van der Waals surface area contributed by atoms with Crippen LogP contribution in [0.2, 0.25) is 0 Å². The first kappa shape index (κ1) is 13.7. The molecule has 0 bridgehead atoms. The third-order valence-electron chi connectivity index (χ3n) is 3.56. The first-order chi connectivity index (χ1) is 9.06. The zero-order valence-electron chi connectivity index (χ0n) is 10.9. The van der Waals surface area contributed by atoms with Crippen LogP contribution in [0.15, 0.2) is 54.6 Å². The quantitative estimate of drug-likeness (QED) is 0.812. The van der Waals surface area contributed by atoms with Gasteiger partial charge in [-0.3, -0.25) is 4.79 Å². The number of hydrogen-bond donors (Lipinski definition) is 2. The summed E-state index contributed by atoms with van der Waals surface area (Å²) in [5.41, 5.74) is -0.563. The summed E-state index contributed by atoms with van der Waals surface area (Å²) in [6.45, 7) is 1.37. The number of carbonyl (C=O) groups excluding carboxylic acids is 1. The van der Waals surface area contributed by atoms with Crippen molar-refractivity contribution < 1.29 is 15.0 Å². The Kier molecular flexibility index (Phi) is 3.98. The van der Waals surface area contributed by atoms with E-state index < -0.39 is 17.4 Å². The normalized spacial score (nSPS) is 27.2. The predicted octanol–water partition coefficient (Wildman–Crippen LogP) is 1.97. The van der Waals surface area contributed by atoms with Gasteiger partial charge in [0.2, 0.25) is 0 Å². The van der Waals surface area contributed by atoms with Crippen LogP contribution in [0.3, 0.4) is 0 Å². The van der Waals surface area contributed by atoms with Gasteiger partial charge in [0, 0.05) is 11.5 Å². The van der Waals surface area contributed by atoms with Gasteiger partial charge in [0.1, 0.15) is 0 Å². The van der Waals surface area contributed by atoms with Crippen LogP contribution in [0.25, 0.3) is 0 Å². The Labute approximate surface area is 112 Å². The van der Waals surface area contributed by atoms with Crippen LogP contribution < -0.4 is 0 Å². The van der Waals surface area contributed by atoms with Crippen LogP contribution in [0.5, 0.6) is 0 Å². The molecule has 1 aromatic rings. The molecule has 0 saturated heterocycles. The molecule has 2 rings (SSSR count). The molecule has 0 aromatic heterocycles. The molecular weight excluding hydrogens is 240 g/mol. The number of allylic oxidation sites excluding steroid dienone is 2. The zero-order chi connectivity index (χ0) is 13.9. The summed E-state index contributed by atoms with van der Waals surface area (Å²) < 4.78 is 0. The molecule has 19 heavy (non-hydrogen) atoms. The van der Waals surface area contributed by atoms with Crippen LogP contribution in [-0.2, 0) is 0 Å². The second kappa shape index (κ2) is 5.51. The minimum atomic E-state index is -1.12. The highest BCUT2D eigenvalue weighted by Crippen LogP contribution is 2.32. The maximum atomic E-state index is 12.4. The average molecular weight is 258 g/mol. The molecule has 1 aromatic carbocycles. The van der Waals surface area contributed by atoms with E-state index in [2.05, 4.69) is 0 Å². The molecular formula is C16H18O3. The number of carbonyl (C=O) groups is 1. The Balaban J connectivity index is 2.28. The van der Waals surface area contributed by atoms with Crippen molar-refractivity contribution in [3.8, 4) is 0 Å². The second-order valence-corrected chi connectivity index (χ2v) is 5.01. The maximum Gasteiger partial charge on any atom is 0.168 e. The third kappa shape index (κ3) is 2.83. The van der Waals surface area contributed by atoms with Crippen molar-refractivity contribution in [2.75, 3.05) is 6.61 Å². The Morgan fingerprint density at radius 1 is 1.32 bits per heavy atom. The fraction of sp³-hybridized carbons (Fsp3) is 0.312. The van der Waals surface area contributed by atoms with Crippen molar-refractivity contribution in [3.63, 3.8) is 0 Å². The van der Waals surface area contributed by atoms with Gasteiger partial charge in [-0.2, -0.15) is 0 Å². The molecule has 3 atom stereocenters. The summed E-state index contributed by atoms with van der Waals surface area (Å²) in [6, 6.07) is 8.86. The SMILES string of the molecule is CC1(O)C=CC=CC1C(CO)C(=O)c1ccccc1. The molecule has 0 amide bonds. The van der Waals surface area contributed by atoms with Crippen molar-refractivity contribution in [2.24, 2.45) is 11.8 Å². The Morgan fingerprint density at radius 2 is 2.00 bits per heavy atom. The van der Waals surface area contributed by atoms with E-state index in [0.29, 0.717) is 5.56 Å². The number of rotatable bonds is 4. The van der Waals surface area contributed by atoms with Gasteiger partial charge < -0.3 is 10.2 Å². The molecule has 2 N–H and O–H groups in total. The van der Waals surface area contributed by atoms with E-state index in [1.165, 1.54) is 0 Å². The van der Waals surface area contributed by atoms with Crippen LogP contribution >= 0.6 is 0 Å². The van der Waals surface area contributed by atoms with Crippen molar-refractivity contribution in [2.45, 2.75) is 12.5 Å². The van der Waals surface area contributed by atoms with Crippen molar-refractivity contribution in [1.29, 1.82) is 0 Å². The lowest BCUT2D eigenvalue weighted by Crippen LogP contribution is -2.42. The summed E-state index contributed by atoms with van der Waals surface area (Å²) in [7, 11) is 0. The number of aliphatic hydroxyl groups is 2. The molecule has 0 radical (unpaired) electrons. The molecule has 0 fully saturated rings. The van der Waals surface area contributed by atoms with Gasteiger partial charge in [0.25, 0.3) is 0 Å². The van der Waals surface area contributed by atoms with Gasteiger partial charge >= 0.3 is 0 Å². The monoisotopic (exact) mass is 258 g/mol. The lowest BCUT2D eigenvalue weighted by Gasteiger charge is -2.34. The molecule has 0 aliphatic heterocycles. The topological polar surface area (TPSA) is 57.5 Å². The summed E-state index contributed by atoms with van der Waals surface area (Å²) in [5, 5.41) is 19.9. The summed E-state index contributed by atoms with van der Waals surface area (Å²) in [5.74, 6) is -1.21. The van der Waals surface area contributed by atoms with Gasteiger partial charge in [-0.25, -0.2) is 0 Å². The van der Waals surface area contributed by atoms with Crippen LogP contribution in [0.4, 0.5) is 0 Å². The number of aliphatic hydroxyl groups excluding tert-OH is 1. The van der Waals surface area contributed by atoms with Crippen LogP contribution in [-0.4, -0.2) is 28.2 Å². The molecule has 3 nitrogen and oxygen atoms in total. The number of ketones is 1. The number of benzene rings is 1. The van der Waals surface area contributed by atoms with Crippen molar-refractivity contribution in [1.82, 2.24) is 0 Å². The Hall–Kier alpha value is -1.71. The minimum absolute atomic E-state index is 0.145. The lowest BCUT2D eigenvalue weighted by atomic mass is 9.74. The molecule has 100 valence electrons. The lowest BCUT2D eigenvalue weighted by molar-refractivity contribution is 0.0223. The Bertz CT molecular complexity index is 500. The van der Waals surface area contributed by atoms with Gasteiger partial charge in [-0.1, -0.05) is 54.6 Å². The van der Waals surface area contributed by atoms with Gasteiger partial charge in [0.15, 0.2) is 5.78 Å². The minimum Gasteiger partial charge on any atom is -0.396 e. The third-order valence-corrected chi connectivity index (χ3v) is 3.56. The highest BCUT2D eigenvalue weighted by Gasteiger charge is 2.38. The van der Waals surface area contributed by atoms with E-state index in [1.807, 2.05) is 6.07 Å². The van der Waals surface area contributed by atoms with E-state index in [-0.39, 0.29) is 12.4 Å². The van der Waals surface area contributed by atoms with E-state index in [1.54, 1.807) is 55.5 Å². The molecule has 1 aliphatic carbocycles. The molecule has 3 heteroatoms. The second-order valence-electron chi connectivity index (χ2n) is 5.01. The summed E-state index contributed by atoms with van der Waals surface area (Å²) >= 11 is 0. The molecule has 0 spiro atoms. The molecule has 0 saturated carbocycles. The fourth-order valence-corrected chi connectivity index (χ4v) is 2.46. The van der Waals surface area contributed by atoms with Crippen LogP contribution in [0.1, 0.15) is 17.3 Å². The predicted molar refractivity (Wildman–Crippen MR) is 73.7 cm³/mol. The number of Topliss-reactive ketones (excluding diaryl/α,β-unsaturated/α-hetero) is 1. The molecule has 0 heterocycles. The first-order valence-electron chi connectivity index (χ1n) is 6.35. The summed E-state index contributed by atoms with van der Waals surface area (Å²) in [6.07, 6.45) is 6.97. The molecule has 3 unspecified atom stereocenters. The number of hydrogen-bond acceptors (Lipinski definition) is 3. The van der Waals surface area contributed by atoms with Crippen molar-refractivity contribution >= 4 is 5.78 Å². The standard InChI is InChI=1S/C16H18O3/c1-16(19)10-6-5-9-14(16)13(11-17)15(18)12-7-3-2-4-8-12/h2-10,13-14,17,19H,11H2,1H3. The van der Waals surface area contributed by atoms with Crippen LogP contribution in [0, 0.1) is 11.8 Å². The Morgan fingerprint density at radius 3 is 2.58 bits per heavy atom. The largest absolute Gasteiger partial charge is 0.396 e. The fourth-order valence-electron chi connectivity index (χ4n) is 2.46. The van der Waals surface area contributed by atoms with E-state index in [4.69, 9.17) is 0 Å². The van der Waals surface area contributed by atoms with E-state index >= 15 is 0 Å². The van der Waals surface area contributed by atoms with Crippen molar-refractivity contribution in [3.05, 3.63) is 60.2 Å². The highest BCUT2D eigenvalue weighted by atomic mass is 16.3. The average Bonchev–Trinajstić information content (AvgIpc) is 2.42. The van der Waals surface area contributed by atoms with Gasteiger partial charge in [-0.15, -0.1) is 0 Å². The van der Waals surface area contributed by atoms with Gasteiger partial charge in [0.05, 0.1) is 18.1 Å². The first-order valence-corrected chi connectivity index (χ1v) is 6.35. The smallest absolute Gasteiger partial charge is 0.168 e. The van der Waals surface area contributed by atoms with E-state index in [0.717, 1.165) is 0 Å². The summed E-state index contributed by atoms with van der Waals surface area (Å²) in [4.78, 5) is 12.4. The highest BCUT2D eigenvalue weighted by molar-refractivity contribution is 5.98. The van der Waals surface area contributed by atoms with E-state index in [9.17, 15) is 15.0 Å². The van der Waals surface area contributed by atoms with Gasteiger partial charge in [-0.05, 0) is 6.92 Å². The maximum absolute atomic E-state index is 12.4. The molecule has 1 aliphatic rings. The zero-order valence-corrected chi connectivity index (χ0v) is 10.9.